The summed E-state index contributed by atoms with van der Waals surface area (Å²) in [4.78, 5) is 8.01. The summed E-state index contributed by atoms with van der Waals surface area (Å²) in [7, 11) is 1.47. The molecule has 3 heterocycles. The number of anilines is 1. The first-order valence-electron chi connectivity index (χ1n) is 8.49. The molecule has 0 saturated carbocycles. The standard InChI is InChI=1S/C17H19F3N8/c1-5-28-10(3)12(8-22-28)13-6-14(15(18)19)24-17(23-13)25-21-7-11-9(2)26-27(4)16(11)20/h6-8,15H,5H2,1-4H3,(H,23,24,25)/b21-7+. The zero-order chi connectivity index (χ0) is 20.4. The zero-order valence-corrected chi connectivity index (χ0v) is 15.8. The third kappa shape index (κ3) is 3.73. The molecule has 0 spiro atoms. The van der Waals surface area contributed by atoms with E-state index in [2.05, 4.69) is 30.7 Å². The van der Waals surface area contributed by atoms with Crippen LogP contribution in [-0.2, 0) is 13.6 Å². The lowest BCUT2D eigenvalue weighted by Crippen LogP contribution is -2.04. The van der Waals surface area contributed by atoms with E-state index >= 15 is 0 Å². The van der Waals surface area contributed by atoms with Crippen molar-refractivity contribution in [2.24, 2.45) is 12.1 Å². The van der Waals surface area contributed by atoms with Gasteiger partial charge >= 0.3 is 0 Å². The number of aromatic nitrogens is 6. The molecule has 0 aliphatic heterocycles. The number of hydrazone groups is 1. The highest BCUT2D eigenvalue weighted by Crippen LogP contribution is 2.26. The molecule has 148 valence electrons. The van der Waals surface area contributed by atoms with Crippen molar-refractivity contribution >= 4 is 12.2 Å². The van der Waals surface area contributed by atoms with Crippen molar-refractivity contribution in [3.63, 3.8) is 0 Å². The van der Waals surface area contributed by atoms with Crippen LogP contribution in [0.5, 0.6) is 0 Å². The van der Waals surface area contributed by atoms with E-state index < -0.39 is 18.1 Å². The van der Waals surface area contributed by atoms with Gasteiger partial charge in [0.05, 0.1) is 29.4 Å². The molecule has 28 heavy (non-hydrogen) atoms. The average Bonchev–Trinajstić information content (AvgIpc) is 3.15. The maximum atomic E-state index is 13.9. The maximum absolute atomic E-state index is 13.9. The molecule has 0 aliphatic carbocycles. The average molecular weight is 392 g/mol. The molecule has 3 rings (SSSR count). The highest BCUT2D eigenvalue weighted by Gasteiger charge is 2.17. The number of aryl methyl sites for hydroxylation is 3. The summed E-state index contributed by atoms with van der Waals surface area (Å²) in [6.07, 6.45) is -0.0145. The summed E-state index contributed by atoms with van der Waals surface area (Å²) in [6.45, 7) is 6.03. The van der Waals surface area contributed by atoms with Crippen LogP contribution in [0.2, 0.25) is 0 Å². The third-order valence-electron chi connectivity index (χ3n) is 4.20. The molecule has 1 N–H and O–H groups in total. The fourth-order valence-corrected chi connectivity index (χ4v) is 2.73. The molecule has 0 radical (unpaired) electrons. The first-order chi connectivity index (χ1) is 13.3. The second-order valence-electron chi connectivity index (χ2n) is 6.05. The molecular weight excluding hydrogens is 373 g/mol. The second-order valence-corrected chi connectivity index (χ2v) is 6.05. The van der Waals surface area contributed by atoms with Gasteiger partial charge in [-0.25, -0.2) is 28.9 Å². The number of alkyl halides is 2. The Morgan fingerprint density at radius 3 is 2.61 bits per heavy atom. The van der Waals surface area contributed by atoms with Gasteiger partial charge in [-0.1, -0.05) is 0 Å². The molecule has 0 unspecified atom stereocenters. The smallest absolute Gasteiger partial charge is 0.269 e. The molecular formula is C17H19F3N8. The van der Waals surface area contributed by atoms with Crippen LogP contribution in [0.25, 0.3) is 11.3 Å². The number of hydrogen-bond acceptors (Lipinski definition) is 6. The van der Waals surface area contributed by atoms with Gasteiger partial charge in [-0.15, -0.1) is 0 Å². The Bertz CT molecular complexity index is 1020. The van der Waals surface area contributed by atoms with Crippen molar-refractivity contribution in [1.29, 1.82) is 0 Å². The maximum Gasteiger partial charge on any atom is 0.280 e. The van der Waals surface area contributed by atoms with Crippen LogP contribution in [0.1, 0.15) is 36.0 Å². The molecule has 0 bridgehead atoms. The number of hydrogen-bond donors (Lipinski definition) is 1. The molecule has 0 fully saturated rings. The van der Waals surface area contributed by atoms with Crippen LogP contribution in [-0.4, -0.2) is 35.7 Å². The van der Waals surface area contributed by atoms with Crippen LogP contribution in [0, 0.1) is 19.8 Å². The molecule has 11 heteroatoms. The lowest BCUT2D eigenvalue weighted by molar-refractivity contribution is 0.146. The van der Waals surface area contributed by atoms with Crippen molar-refractivity contribution in [1.82, 2.24) is 29.5 Å². The van der Waals surface area contributed by atoms with E-state index in [0.29, 0.717) is 23.5 Å². The Kier molecular flexibility index (Phi) is 5.43. The van der Waals surface area contributed by atoms with Crippen molar-refractivity contribution in [2.45, 2.75) is 33.7 Å². The predicted octanol–water partition coefficient (Wildman–Crippen LogP) is 3.23. The molecule has 0 amide bonds. The van der Waals surface area contributed by atoms with E-state index in [0.717, 1.165) is 10.4 Å². The molecule has 0 atom stereocenters. The highest BCUT2D eigenvalue weighted by molar-refractivity contribution is 5.81. The summed E-state index contributed by atoms with van der Waals surface area (Å²) in [6, 6.07) is 1.22. The monoisotopic (exact) mass is 392 g/mol. The fourth-order valence-electron chi connectivity index (χ4n) is 2.73. The topological polar surface area (TPSA) is 85.8 Å². The molecule has 0 aromatic carbocycles. The Morgan fingerprint density at radius 1 is 1.29 bits per heavy atom. The van der Waals surface area contributed by atoms with Crippen molar-refractivity contribution in [3.8, 4) is 11.3 Å². The van der Waals surface area contributed by atoms with Gasteiger partial charge in [0.1, 0.15) is 5.69 Å². The molecule has 3 aromatic rings. The Hall–Kier alpha value is -3.24. The van der Waals surface area contributed by atoms with Gasteiger partial charge in [-0.05, 0) is 26.8 Å². The third-order valence-corrected chi connectivity index (χ3v) is 4.20. The minimum absolute atomic E-state index is 0.130. The van der Waals surface area contributed by atoms with E-state index in [-0.39, 0.29) is 11.5 Å². The molecule has 0 aliphatic rings. The summed E-state index contributed by atoms with van der Waals surface area (Å²) >= 11 is 0. The Labute approximate surface area is 159 Å². The Balaban J connectivity index is 1.93. The summed E-state index contributed by atoms with van der Waals surface area (Å²) in [5.41, 5.74) is 4.37. The van der Waals surface area contributed by atoms with Gasteiger partial charge in [0.25, 0.3) is 6.43 Å². The lowest BCUT2D eigenvalue weighted by atomic mass is 10.1. The van der Waals surface area contributed by atoms with E-state index in [1.807, 2.05) is 13.8 Å². The van der Waals surface area contributed by atoms with Gasteiger partial charge in [0, 0.05) is 24.8 Å². The number of halogens is 3. The molecule has 0 saturated heterocycles. The minimum Gasteiger partial charge on any atom is -0.269 e. The molecule has 8 nitrogen and oxygen atoms in total. The predicted molar refractivity (Wildman–Crippen MR) is 97.7 cm³/mol. The van der Waals surface area contributed by atoms with E-state index in [9.17, 15) is 13.2 Å². The van der Waals surface area contributed by atoms with Gasteiger partial charge in [-0.3, -0.25) is 4.68 Å². The van der Waals surface area contributed by atoms with Crippen LogP contribution in [0.15, 0.2) is 17.4 Å². The van der Waals surface area contributed by atoms with E-state index in [4.69, 9.17) is 0 Å². The normalized spacial score (nSPS) is 11.7. The van der Waals surface area contributed by atoms with E-state index in [1.54, 1.807) is 17.8 Å². The number of nitrogens with one attached hydrogen (secondary N) is 1. The second kappa shape index (κ2) is 7.79. The zero-order valence-electron chi connectivity index (χ0n) is 15.8. The highest BCUT2D eigenvalue weighted by atomic mass is 19.3. The lowest BCUT2D eigenvalue weighted by Gasteiger charge is -2.07. The van der Waals surface area contributed by atoms with Crippen LogP contribution in [0.3, 0.4) is 0 Å². The summed E-state index contributed by atoms with van der Waals surface area (Å²) < 4.78 is 43.3. The Morgan fingerprint density at radius 2 is 2.04 bits per heavy atom. The fraction of sp³-hybridized carbons (Fsp3) is 0.353. The first-order valence-corrected chi connectivity index (χ1v) is 8.49. The molecule has 3 aromatic heterocycles. The summed E-state index contributed by atoms with van der Waals surface area (Å²) in [5, 5.41) is 12.0. The van der Waals surface area contributed by atoms with Crippen molar-refractivity contribution < 1.29 is 13.2 Å². The quantitative estimate of drug-likeness (QED) is 0.514. The van der Waals surface area contributed by atoms with Crippen LogP contribution >= 0.6 is 0 Å². The SMILES string of the molecule is CCn1ncc(-c2cc(C(F)F)nc(N/N=C/c3c(C)nn(C)c3F)n2)c1C. The first kappa shape index (κ1) is 19.5. The minimum atomic E-state index is -2.79. The number of nitrogens with zero attached hydrogens (tertiary/aromatic N) is 7. The largest absolute Gasteiger partial charge is 0.280 e. The van der Waals surface area contributed by atoms with Crippen molar-refractivity contribution in [2.75, 3.05) is 5.43 Å². The van der Waals surface area contributed by atoms with Gasteiger partial charge in [0.2, 0.25) is 11.9 Å². The van der Waals surface area contributed by atoms with Crippen LogP contribution in [0.4, 0.5) is 19.1 Å². The van der Waals surface area contributed by atoms with Crippen LogP contribution < -0.4 is 5.43 Å². The number of rotatable bonds is 6. The van der Waals surface area contributed by atoms with Crippen molar-refractivity contribution in [3.05, 3.63) is 40.9 Å². The van der Waals surface area contributed by atoms with Gasteiger partial charge in [-0.2, -0.15) is 19.7 Å². The van der Waals surface area contributed by atoms with E-state index in [1.165, 1.54) is 19.3 Å². The van der Waals surface area contributed by atoms with Gasteiger partial charge in [0.15, 0.2) is 0 Å². The van der Waals surface area contributed by atoms with Gasteiger partial charge < -0.3 is 0 Å². The summed E-state index contributed by atoms with van der Waals surface area (Å²) in [5.74, 6) is -0.691.